The van der Waals surface area contributed by atoms with Gasteiger partial charge in [-0.05, 0) is 6.08 Å². The van der Waals surface area contributed by atoms with Gasteiger partial charge < -0.3 is 5.32 Å². The van der Waals surface area contributed by atoms with Crippen molar-refractivity contribution >= 4 is 23.1 Å². The number of hydrogen-bond donors (Lipinski definition) is 1. The second-order valence-electron chi connectivity index (χ2n) is 1.57. The molecule has 1 aromatic rings. The largest absolute Gasteiger partial charge is 0.306 e. The predicted octanol–water partition coefficient (Wildman–Crippen LogP) is 1.27. The summed E-state index contributed by atoms with van der Waals surface area (Å²) in [5.41, 5.74) is 1.65. The molecule has 0 saturated heterocycles. The molecule has 0 aliphatic carbocycles. The average Bonchev–Trinajstić information content (AvgIpc) is 2.40. The van der Waals surface area contributed by atoms with Crippen molar-refractivity contribution in [2.24, 2.45) is 0 Å². The molecule has 0 bridgehead atoms. The van der Waals surface area contributed by atoms with Crippen molar-refractivity contribution in [1.29, 1.82) is 0 Å². The molecule has 0 unspecified atom stereocenters. The minimum Gasteiger partial charge on any atom is -0.306 e. The van der Waals surface area contributed by atoms with Gasteiger partial charge in [0.1, 0.15) is 5.82 Å². The normalized spacial score (nSPS) is 8.80. The Morgan fingerprint density at radius 2 is 2.70 bits per heavy atom. The van der Waals surface area contributed by atoms with Crippen LogP contribution in [0.3, 0.4) is 0 Å². The van der Waals surface area contributed by atoms with Gasteiger partial charge in [0.15, 0.2) is 0 Å². The lowest BCUT2D eigenvalue weighted by atomic mass is 10.6. The highest BCUT2D eigenvalue weighted by Gasteiger charge is 1.95. The maximum atomic E-state index is 10.6. The molecule has 0 spiro atoms. The second-order valence-corrected chi connectivity index (χ2v) is 2.29. The third-order valence-corrected chi connectivity index (χ3v) is 1.46. The summed E-state index contributed by atoms with van der Waals surface area (Å²) in [7, 11) is 0. The number of amides is 1. The topological polar surface area (TPSA) is 42.0 Å². The number of rotatable bonds is 2. The van der Waals surface area contributed by atoms with E-state index >= 15 is 0 Å². The van der Waals surface area contributed by atoms with Gasteiger partial charge in [0.2, 0.25) is 5.91 Å². The summed E-state index contributed by atoms with van der Waals surface area (Å²) < 4.78 is 0. The van der Waals surface area contributed by atoms with Crippen molar-refractivity contribution in [3.63, 3.8) is 0 Å². The fraction of sp³-hybridized carbons (Fsp3) is 0. The molecule has 1 rings (SSSR count). The smallest absolute Gasteiger partial charge is 0.248 e. The molecule has 0 fully saturated rings. The summed E-state index contributed by atoms with van der Waals surface area (Å²) in [6.07, 6.45) is 1.21. The van der Waals surface area contributed by atoms with E-state index in [0.717, 1.165) is 0 Å². The molecule has 4 heteroatoms. The summed E-state index contributed by atoms with van der Waals surface area (Å²) in [5, 5.41) is 4.27. The molecule has 1 aromatic heterocycles. The molecule has 3 nitrogen and oxygen atoms in total. The van der Waals surface area contributed by atoms with E-state index in [4.69, 9.17) is 0 Å². The summed E-state index contributed by atoms with van der Waals surface area (Å²) in [4.78, 5) is 14.5. The van der Waals surface area contributed by atoms with Crippen LogP contribution in [0.5, 0.6) is 0 Å². The average molecular weight is 154 g/mol. The molecule has 0 aromatic carbocycles. The fourth-order valence-corrected chi connectivity index (χ4v) is 0.935. The fourth-order valence-electron chi connectivity index (χ4n) is 0.452. The monoisotopic (exact) mass is 154 g/mol. The molecular formula is C6H6N2OS. The number of anilines is 1. The molecule has 0 aliphatic rings. The summed E-state index contributed by atoms with van der Waals surface area (Å²) in [6, 6.07) is 0. The Kier molecular flexibility index (Phi) is 2.17. The third-order valence-electron chi connectivity index (χ3n) is 0.869. The van der Waals surface area contributed by atoms with Gasteiger partial charge in [-0.3, -0.25) is 4.79 Å². The Morgan fingerprint density at radius 1 is 1.90 bits per heavy atom. The summed E-state index contributed by atoms with van der Waals surface area (Å²) >= 11 is 1.43. The lowest BCUT2D eigenvalue weighted by molar-refractivity contribution is -0.111. The zero-order valence-corrected chi connectivity index (χ0v) is 6.02. The number of nitrogens with zero attached hydrogens (tertiary/aromatic N) is 1. The van der Waals surface area contributed by atoms with Gasteiger partial charge in [-0.2, -0.15) is 0 Å². The Morgan fingerprint density at radius 3 is 3.20 bits per heavy atom. The van der Waals surface area contributed by atoms with Gasteiger partial charge in [-0.15, -0.1) is 11.3 Å². The van der Waals surface area contributed by atoms with E-state index in [2.05, 4.69) is 16.9 Å². The summed E-state index contributed by atoms with van der Waals surface area (Å²) in [5.74, 6) is 0.348. The first kappa shape index (κ1) is 6.95. The van der Waals surface area contributed by atoms with Gasteiger partial charge in [0.25, 0.3) is 0 Å². The Balaban J connectivity index is 2.56. The van der Waals surface area contributed by atoms with Crippen LogP contribution in [0.2, 0.25) is 0 Å². The van der Waals surface area contributed by atoms with Crippen LogP contribution in [0.15, 0.2) is 23.5 Å². The number of carbonyl (C=O) groups is 1. The zero-order valence-electron chi connectivity index (χ0n) is 5.20. The highest BCUT2D eigenvalue weighted by molar-refractivity contribution is 7.07. The van der Waals surface area contributed by atoms with Crippen LogP contribution in [0.25, 0.3) is 0 Å². The number of thiazole rings is 1. The van der Waals surface area contributed by atoms with Crippen LogP contribution in [-0.4, -0.2) is 10.9 Å². The van der Waals surface area contributed by atoms with Crippen LogP contribution in [0.1, 0.15) is 0 Å². The lowest BCUT2D eigenvalue weighted by Gasteiger charge is -1.92. The summed E-state index contributed by atoms with van der Waals surface area (Å²) in [6.45, 7) is 3.30. The van der Waals surface area contributed by atoms with E-state index < -0.39 is 0 Å². The Hall–Kier alpha value is -1.16. The highest BCUT2D eigenvalue weighted by Crippen LogP contribution is 2.05. The zero-order chi connectivity index (χ0) is 7.40. The van der Waals surface area contributed by atoms with Crippen molar-refractivity contribution in [3.05, 3.63) is 23.5 Å². The van der Waals surface area contributed by atoms with Crippen molar-refractivity contribution < 1.29 is 4.79 Å². The quantitative estimate of drug-likeness (QED) is 0.652. The predicted molar refractivity (Wildman–Crippen MR) is 40.9 cm³/mol. The van der Waals surface area contributed by atoms with Crippen LogP contribution in [0.4, 0.5) is 5.82 Å². The lowest BCUT2D eigenvalue weighted by Crippen LogP contribution is -2.06. The molecule has 0 radical (unpaired) electrons. The third kappa shape index (κ3) is 1.66. The number of carbonyl (C=O) groups excluding carboxylic acids is 1. The maximum Gasteiger partial charge on any atom is 0.248 e. The molecule has 0 aliphatic heterocycles. The number of hydrogen-bond acceptors (Lipinski definition) is 3. The van der Waals surface area contributed by atoms with E-state index in [1.165, 1.54) is 17.4 Å². The van der Waals surface area contributed by atoms with Crippen LogP contribution < -0.4 is 5.32 Å². The first-order valence-corrected chi connectivity index (χ1v) is 3.59. The molecule has 0 saturated carbocycles. The van der Waals surface area contributed by atoms with E-state index in [-0.39, 0.29) is 5.91 Å². The van der Waals surface area contributed by atoms with Gasteiger partial charge in [0.05, 0.1) is 5.51 Å². The molecule has 1 N–H and O–H groups in total. The molecule has 52 valence electrons. The second kappa shape index (κ2) is 3.12. The minimum absolute atomic E-state index is 0.231. The van der Waals surface area contributed by atoms with E-state index in [0.29, 0.717) is 5.82 Å². The van der Waals surface area contributed by atoms with Crippen LogP contribution in [-0.2, 0) is 4.79 Å². The van der Waals surface area contributed by atoms with Gasteiger partial charge in [-0.25, -0.2) is 4.98 Å². The molecule has 10 heavy (non-hydrogen) atoms. The van der Waals surface area contributed by atoms with Crippen molar-refractivity contribution in [1.82, 2.24) is 4.98 Å². The molecular weight excluding hydrogens is 148 g/mol. The standard InChI is InChI=1S/C6H6N2OS/c1-2-6(9)8-5-3-10-4-7-5/h2-4H,1H2,(H,8,9). The Bertz CT molecular complexity index is 230. The van der Waals surface area contributed by atoms with E-state index in [9.17, 15) is 4.79 Å². The Labute approximate surface area is 62.4 Å². The number of nitrogens with one attached hydrogen (secondary N) is 1. The van der Waals surface area contributed by atoms with Crippen molar-refractivity contribution in [2.45, 2.75) is 0 Å². The van der Waals surface area contributed by atoms with Crippen LogP contribution >= 0.6 is 11.3 Å². The minimum atomic E-state index is -0.231. The first-order chi connectivity index (χ1) is 4.83. The van der Waals surface area contributed by atoms with Crippen molar-refractivity contribution in [3.8, 4) is 0 Å². The molecule has 1 amide bonds. The SMILES string of the molecule is C=CC(=O)Nc1cscn1. The van der Waals surface area contributed by atoms with E-state index in [1.807, 2.05) is 0 Å². The molecule has 0 atom stereocenters. The van der Waals surface area contributed by atoms with E-state index in [1.54, 1.807) is 10.9 Å². The van der Waals surface area contributed by atoms with Gasteiger partial charge in [0, 0.05) is 5.38 Å². The maximum absolute atomic E-state index is 10.6. The highest BCUT2D eigenvalue weighted by atomic mass is 32.1. The van der Waals surface area contributed by atoms with Crippen LogP contribution in [0, 0.1) is 0 Å². The first-order valence-electron chi connectivity index (χ1n) is 2.64. The molecule has 1 heterocycles. The van der Waals surface area contributed by atoms with Crippen molar-refractivity contribution in [2.75, 3.05) is 5.32 Å². The van der Waals surface area contributed by atoms with Gasteiger partial charge >= 0.3 is 0 Å². The van der Waals surface area contributed by atoms with Gasteiger partial charge in [-0.1, -0.05) is 6.58 Å². The number of aromatic nitrogens is 1.